The van der Waals surface area contributed by atoms with Crippen LogP contribution in [0, 0.1) is 5.82 Å². The van der Waals surface area contributed by atoms with Crippen LogP contribution in [0.5, 0.6) is 0 Å². The Kier molecular flexibility index (Phi) is 10.4. The van der Waals surface area contributed by atoms with Gasteiger partial charge in [-0.05, 0) is 63.3 Å². The first-order valence-corrected chi connectivity index (χ1v) is 13.2. The predicted octanol–water partition coefficient (Wildman–Crippen LogP) is 4.18. The molecular weight excluding hydrogens is 487 g/mol. The molecule has 0 aliphatic carbocycles. The van der Waals surface area contributed by atoms with Crippen molar-refractivity contribution in [2.45, 2.75) is 78.0 Å². The SMILES string of the molecule is COC(CCn1cnc2c(N)ncnc21)CN(CCCCC(=O)Nc1cc(C(C)C)c(F)cc1N)C(C)C. The molecule has 0 aliphatic heterocycles. The minimum absolute atomic E-state index is 0.00347. The van der Waals surface area contributed by atoms with Crippen LogP contribution in [0.3, 0.4) is 0 Å². The Morgan fingerprint density at radius 3 is 2.61 bits per heavy atom. The van der Waals surface area contributed by atoms with Gasteiger partial charge in [0.2, 0.25) is 5.91 Å². The molecule has 11 heteroatoms. The maximum absolute atomic E-state index is 14.1. The highest BCUT2D eigenvalue weighted by Crippen LogP contribution is 2.28. The zero-order valence-electron chi connectivity index (χ0n) is 23.1. The van der Waals surface area contributed by atoms with Crippen LogP contribution in [0.1, 0.15) is 64.9 Å². The molecule has 5 N–H and O–H groups in total. The van der Waals surface area contributed by atoms with Crippen molar-refractivity contribution in [3.8, 4) is 0 Å². The number of nitrogens with two attached hydrogens (primary N) is 2. The maximum Gasteiger partial charge on any atom is 0.224 e. The Hall–Kier alpha value is -3.31. The van der Waals surface area contributed by atoms with Gasteiger partial charge in [0, 0.05) is 32.7 Å². The van der Waals surface area contributed by atoms with E-state index in [1.807, 2.05) is 18.4 Å². The van der Waals surface area contributed by atoms with Crippen molar-refractivity contribution < 1.29 is 13.9 Å². The van der Waals surface area contributed by atoms with Crippen LogP contribution in [0.4, 0.5) is 21.6 Å². The van der Waals surface area contributed by atoms with E-state index in [1.54, 1.807) is 19.5 Å². The molecule has 10 nitrogen and oxygen atoms in total. The topological polar surface area (TPSA) is 137 Å². The van der Waals surface area contributed by atoms with Crippen molar-refractivity contribution in [2.24, 2.45) is 0 Å². The van der Waals surface area contributed by atoms with Crippen LogP contribution in [0.15, 0.2) is 24.8 Å². The molecule has 0 saturated heterocycles. The number of anilines is 3. The molecule has 0 aliphatic rings. The Labute approximate surface area is 224 Å². The normalized spacial score (nSPS) is 12.7. The van der Waals surface area contributed by atoms with E-state index >= 15 is 0 Å². The Morgan fingerprint density at radius 2 is 1.92 bits per heavy atom. The van der Waals surface area contributed by atoms with Gasteiger partial charge in [-0.25, -0.2) is 19.3 Å². The molecule has 0 bridgehead atoms. The summed E-state index contributed by atoms with van der Waals surface area (Å²) >= 11 is 0. The molecule has 1 atom stereocenters. The number of hydrogen-bond acceptors (Lipinski definition) is 8. The smallest absolute Gasteiger partial charge is 0.224 e. The summed E-state index contributed by atoms with van der Waals surface area (Å²) in [7, 11) is 1.73. The largest absolute Gasteiger partial charge is 0.397 e. The molecule has 1 aromatic carbocycles. The summed E-state index contributed by atoms with van der Waals surface area (Å²) in [4.78, 5) is 27.5. The van der Waals surface area contributed by atoms with Gasteiger partial charge in [0.15, 0.2) is 11.5 Å². The number of hydrogen-bond donors (Lipinski definition) is 3. The third-order valence-corrected chi connectivity index (χ3v) is 6.79. The highest BCUT2D eigenvalue weighted by atomic mass is 19.1. The van der Waals surface area contributed by atoms with Crippen LogP contribution in [-0.2, 0) is 16.1 Å². The predicted molar refractivity (Wildman–Crippen MR) is 149 cm³/mol. The Morgan fingerprint density at radius 1 is 1.16 bits per heavy atom. The summed E-state index contributed by atoms with van der Waals surface area (Å²) in [6.07, 6.45) is 5.95. The van der Waals surface area contributed by atoms with Gasteiger partial charge in [-0.2, -0.15) is 0 Å². The number of carbonyl (C=O) groups is 1. The highest BCUT2D eigenvalue weighted by Gasteiger charge is 2.18. The molecule has 1 unspecified atom stereocenters. The summed E-state index contributed by atoms with van der Waals surface area (Å²) in [5.41, 5.74) is 14.4. The van der Waals surface area contributed by atoms with Crippen LogP contribution in [-0.4, -0.2) is 62.7 Å². The third-order valence-electron chi connectivity index (χ3n) is 6.79. The number of fused-ring (bicyclic) bond motifs is 1. The number of nitrogen functional groups attached to an aromatic ring is 2. The van der Waals surface area contributed by atoms with Crippen molar-refractivity contribution in [2.75, 3.05) is 37.0 Å². The number of benzene rings is 1. The van der Waals surface area contributed by atoms with Crippen molar-refractivity contribution in [3.63, 3.8) is 0 Å². The molecule has 0 saturated carbocycles. The fourth-order valence-corrected chi connectivity index (χ4v) is 4.42. The van der Waals surface area contributed by atoms with Gasteiger partial charge in [0.1, 0.15) is 17.7 Å². The maximum atomic E-state index is 14.1. The number of aryl methyl sites for hydroxylation is 1. The van der Waals surface area contributed by atoms with Gasteiger partial charge in [0.05, 0.1) is 23.8 Å². The number of ether oxygens (including phenoxy) is 1. The van der Waals surface area contributed by atoms with E-state index in [1.165, 1.54) is 12.4 Å². The van der Waals surface area contributed by atoms with E-state index in [0.717, 1.165) is 32.4 Å². The molecule has 3 aromatic rings. The zero-order chi connectivity index (χ0) is 27.8. The number of aromatic nitrogens is 4. The van der Waals surface area contributed by atoms with Crippen LogP contribution in [0.25, 0.3) is 11.2 Å². The first-order chi connectivity index (χ1) is 18.1. The van der Waals surface area contributed by atoms with Crippen molar-refractivity contribution in [1.82, 2.24) is 24.4 Å². The molecule has 2 heterocycles. The van der Waals surface area contributed by atoms with Gasteiger partial charge in [-0.3, -0.25) is 9.69 Å². The highest BCUT2D eigenvalue weighted by molar-refractivity contribution is 5.94. The summed E-state index contributed by atoms with van der Waals surface area (Å²) < 4.78 is 21.9. The Bertz CT molecular complexity index is 1210. The molecule has 0 fully saturated rings. The Balaban J connectivity index is 1.47. The van der Waals surface area contributed by atoms with Gasteiger partial charge in [-0.15, -0.1) is 0 Å². The fraction of sp³-hybridized carbons (Fsp3) is 0.556. The van der Waals surface area contributed by atoms with Crippen LogP contribution in [0.2, 0.25) is 0 Å². The zero-order valence-corrected chi connectivity index (χ0v) is 23.1. The lowest BCUT2D eigenvalue weighted by Gasteiger charge is -2.30. The van der Waals surface area contributed by atoms with Crippen molar-refractivity contribution in [1.29, 1.82) is 0 Å². The summed E-state index contributed by atoms with van der Waals surface area (Å²) in [5.74, 6) is -0.106. The third kappa shape index (κ3) is 7.61. The van der Waals surface area contributed by atoms with E-state index in [9.17, 15) is 9.18 Å². The minimum Gasteiger partial charge on any atom is -0.397 e. The molecule has 2 aromatic heterocycles. The lowest BCUT2D eigenvalue weighted by molar-refractivity contribution is -0.116. The number of imidazole rings is 1. The fourth-order valence-electron chi connectivity index (χ4n) is 4.42. The number of nitrogens with one attached hydrogen (secondary N) is 1. The summed E-state index contributed by atoms with van der Waals surface area (Å²) in [6.45, 7) is 10.4. The molecular formula is C27H41FN8O2. The summed E-state index contributed by atoms with van der Waals surface area (Å²) in [5, 5.41) is 2.84. The van der Waals surface area contributed by atoms with E-state index in [-0.39, 0.29) is 29.4 Å². The van der Waals surface area contributed by atoms with Gasteiger partial charge < -0.3 is 26.1 Å². The van der Waals surface area contributed by atoms with Crippen molar-refractivity contribution >= 4 is 34.3 Å². The van der Waals surface area contributed by atoms with Crippen LogP contribution < -0.4 is 16.8 Å². The minimum atomic E-state index is -0.351. The van der Waals surface area contributed by atoms with E-state index in [0.29, 0.717) is 47.2 Å². The lowest BCUT2D eigenvalue weighted by Crippen LogP contribution is -2.39. The number of methoxy groups -OCH3 is 1. The number of nitrogens with zero attached hydrogens (tertiary/aromatic N) is 5. The average molecular weight is 529 g/mol. The first-order valence-electron chi connectivity index (χ1n) is 13.2. The second-order valence-electron chi connectivity index (χ2n) is 10.2. The number of halogens is 1. The monoisotopic (exact) mass is 528 g/mol. The van der Waals surface area contributed by atoms with Gasteiger partial charge in [0.25, 0.3) is 0 Å². The summed E-state index contributed by atoms with van der Waals surface area (Å²) in [6, 6.07) is 3.24. The van der Waals surface area contributed by atoms with Crippen molar-refractivity contribution in [3.05, 3.63) is 36.2 Å². The molecule has 3 rings (SSSR count). The molecule has 38 heavy (non-hydrogen) atoms. The lowest BCUT2D eigenvalue weighted by atomic mass is 10.0. The van der Waals surface area contributed by atoms with E-state index < -0.39 is 0 Å². The van der Waals surface area contributed by atoms with E-state index in [2.05, 4.69) is 39.0 Å². The standard InChI is InChI=1S/C27H41FN8O2/c1-17(2)20-12-23(22(29)13-21(20)28)34-24(37)8-6-7-10-35(18(3)4)14-19(38-5)9-11-36-16-33-25-26(30)31-15-32-27(25)36/h12-13,15-19H,6-11,14,29H2,1-5H3,(H,34,37)(H2,30,31,32). The van der Waals surface area contributed by atoms with Gasteiger partial charge in [-0.1, -0.05) is 13.8 Å². The number of rotatable bonds is 14. The number of unbranched alkanes of at least 4 members (excludes halogenated alkanes) is 1. The second kappa shape index (κ2) is 13.5. The van der Waals surface area contributed by atoms with Crippen LogP contribution >= 0.6 is 0 Å². The number of amides is 1. The molecule has 1 amide bonds. The van der Waals surface area contributed by atoms with Gasteiger partial charge >= 0.3 is 0 Å². The molecule has 208 valence electrons. The quantitative estimate of drug-likeness (QED) is 0.209. The first kappa shape index (κ1) is 29.2. The molecule has 0 radical (unpaired) electrons. The number of carbonyl (C=O) groups excluding carboxylic acids is 1. The average Bonchev–Trinajstić information content (AvgIpc) is 3.28. The second-order valence-corrected chi connectivity index (χ2v) is 10.2. The molecule has 0 spiro atoms. The van der Waals surface area contributed by atoms with E-state index in [4.69, 9.17) is 16.2 Å².